The Morgan fingerprint density at radius 1 is 1.15 bits per heavy atom. The van der Waals surface area contributed by atoms with Crippen LogP contribution in [0.4, 0.5) is 0 Å². The molecular formula is C15H16Br3NS. The van der Waals surface area contributed by atoms with Gasteiger partial charge in [0.25, 0.3) is 0 Å². The molecule has 20 heavy (non-hydrogen) atoms. The van der Waals surface area contributed by atoms with Crippen molar-refractivity contribution in [3.8, 4) is 0 Å². The zero-order chi connectivity index (χ0) is 14.7. The van der Waals surface area contributed by atoms with Gasteiger partial charge in [0.15, 0.2) is 0 Å². The number of halogens is 3. The van der Waals surface area contributed by atoms with E-state index in [0.29, 0.717) is 0 Å². The molecule has 1 nitrogen and oxygen atoms in total. The van der Waals surface area contributed by atoms with Crippen LogP contribution in [0.15, 0.2) is 37.7 Å². The Kier molecular flexibility index (Phi) is 6.29. The molecule has 0 fully saturated rings. The Labute approximate surface area is 149 Å². The van der Waals surface area contributed by atoms with Gasteiger partial charge < -0.3 is 5.32 Å². The molecule has 2 aromatic rings. The van der Waals surface area contributed by atoms with Gasteiger partial charge >= 0.3 is 0 Å². The first-order valence-electron chi connectivity index (χ1n) is 6.47. The molecule has 0 bridgehead atoms. The van der Waals surface area contributed by atoms with Gasteiger partial charge in [-0.05, 0) is 65.6 Å². The lowest BCUT2D eigenvalue weighted by atomic mass is 10.1. The third-order valence-corrected chi connectivity index (χ3v) is 6.22. The molecule has 2 rings (SSSR count). The van der Waals surface area contributed by atoms with E-state index in [0.717, 1.165) is 21.9 Å². The number of thiophene rings is 1. The monoisotopic (exact) mass is 479 g/mol. The Bertz CT molecular complexity index is 595. The topological polar surface area (TPSA) is 12.0 Å². The highest BCUT2D eigenvalue weighted by atomic mass is 79.9. The molecule has 5 heteroatoms. The average Bonchev–Trinajstić information content (AvgIpc) is 2.73. The molecule has 0 aliphatic rings. The van der Waals surface area contributed by atoms with E-state index in [1.165, 1.54) is 19.8 Å². The lowest BCUT2D eigenvalue weighted by Gasteiger charge is -2.20. The molecule has 1 atom stereocenters. The first-order chi connectivity index (χ1) is 9.52. The van der Waals surface area contributed by atoms with E-state index in [1.54, 1.807) is 0 Å². The number of hydrogen-bond acceptors (Lipinski definition) is 2. The molecule has 0 amide bonds. The molecule has 1 aromatic heterocycles. The number of hydrogen-bond donors (Lipinski definition) is 1. The maximum Gasteiger partial charge on any atom is 0.0694 e. The van der Waals surface area contributed by atoms with Gasteiger partial charge in [0, 0.05) is 23.2 Å². The van der Waals surface area contributed by atoms with Crippen LogP contribution in [0.2, 0.25) is 0 Å². The normalized spacial score (nSPS) is 12.7. The van der Waals surface area contributed by atoms with Gasteiger partial charge in [-0.1, -0.05) is 38.8 Å². The van der Waals surface area contributed by atoms with Gasteiger partial charge in [-0.25, -0.2) is 0 Å². The van der Waals surface area contributed by atoms with Crippen molar-refractivity contribution < 1.29 is 0 Å². The second-order valence-corrected chi connectivity index (χ2v) is 8.53. The molecule has 1 N–H and O–H groups in total. The second-order valence-electron chi connectivity index (χ2n) is 4.62. The van der Waals surface area contributed by atoms with Crippen molar-refractivity contribution in [2.45, 2.75) is 26.3 Å². The van der Waals surface area contributed by atoms with Crippen LogP contribution >= 0.6 is 59.1 Å². The average molecular weight is 482 g/mol. The van der Waals surface area contributed by atoms with Crippen molar-refractivity contribution in [2.24, 2.45) is 0 Å². The molecule has 0 spiro atoms. The molecule has 0 aliphatic carbocycles. The van der Waals surface area contributed by atoms with Crippen molar-refractivity contribution in [3.05, 3.63) is 53.0 Å². The summed E-state index contributed by atoms with van der Waals surface area (Å²) >= 11 is 12.8. The minimum atomic E-state index is 0.204. The number of aryl methyl sites for hydroxylation is 1. The van der Waals surface area contributed by atoms with Gasteiger partial charge in [-0.3, -0.25) is 0 Å². The molecule has 0 radical (unpaired) electrons. The largest absolute Gasteiger partial charge is 0.306 e. The minimum absolute atomic E-state index is 0.204. The van der Waals surface area contributed by atoms with Gasteiger partial charge in [0.2, 0.25) is 0 Å². The molecule has 1 aromatic carbocycles. The highest BCUT2D eigenvalue weighted by molar-refractivity contribution is 9.11. The van der Waals surface area contributed by atoms with Crippen molar-refractivity contribution in [3.63, 3.8) is 0 Å². The van der Waals surface area contributed by atoms with E-state index in [2.05, 4.69) is 91.2 Å². The van der Waals surface area contributed by atoms with Crippen LogP contribution in [0, 0.1) is 6.92 Å². The van der Waals surface area contributed by atoms with Crippen molar-refractivity contribution >= 4 is 59.1 Å². The van der Waals surface area contributed by atoms with Crippen molar-refractivity contribution in [1.82, 2.24) is 5.32 Å². The van der Waals surface area contributed by atoms with Crippen molar-refractivity contribution in [1.29, 1.82) is 0 Å². The SMILES string of the molecule is CCCNC(c1cc(Br)ccc1Br)c1sc(C)cc1Br. The molecule has 108 valence electrons. The predicted molar refractivity (Wildman–Crippen MR) is 98.7 cm³/mol. The fourth-order valence-corrected chi connectivity index (χ4v) is 4.90. The summed E-state index contributed by atoms with van der Waals surface area (Å²) in [6.07, 6.45) is 1.12. The third-order valence-electron chi connectivity index (χ3n) is 2.97. The first kappa shape index (κ1) is 16.7. The summed E-state index contributed by atoms with van der Waals surface area (Å²) in [4.78, 5) is 2.65. The zero-order valence-electron chi connectivity index (χ0n) is 11.3. The predicted octanol–water partition coefficient (Wildman–Crippen LogP) is 6.43. The Balaban J connectivity index is 2.46. The Morgan fingerprint density at radius 2 is 1.90 bits per heavy atom. The van der Waals surface area contributed by atoms with E-state index in [-0.39, 0.29) is 6.04 Å². The lowest BCUT2D eigenvalue weighted by Crippen LogP contribution is -2.23. The van der Waals surface area contributed by atoms with Gasteiger partial charge in [0.1, 0.15) is 0 Å². The quantitative estimate of drug-likeness (QED) is 0.518. The second kappa shape index (κ2) is 7.54. The van der Waals surface area contributed by atoms with Crippen LogP contribution in [-0.4, -0.2) is 6.54 Å². The number of benzene rings is 1. The summed E-state index contributed by atoms with van der Waals surface area (Å²) in [6.45, 7) is 5.33. The number of rotatable bonds is 5. The minimum Gasteiger partial charge on any atom is -0.306 e. The molecule has 0 aliphatic heterocycles. The van der Waals surface area contributed by atoms with E-state index >= 15 is 0 Å². The summed E-state index contributed by atoms with van der Waals surface area (Å²) < 4.78 is 3.41. The van der Waals surface area contributed by atoms with E-state index in [9.17, 15) is 0 Å². The summed E-state index contributed by atoms with van der Waals surface area (Å²) in [7, 11) is 0. The highest BCUT2D eigenvalue weighted by Crippen LogP contribution is 2.38. The summed E-state index contributed by atoms with van der Waals surface area (Å²) in [5.41, 5.74) is 1.26. The van der Waals surface area contributed by atoms with E-state index in [1.807, 2.05) is 11.3 Å². The van der Waals surface area contributed by atoms with Crippen LogP contribution in [0.5, 0.6) is 0 Å². The van der Waals surface area contributed by atoms with Crippen LogP contribution in [0.25, 0.3) is 0 Å². The first-order valence-corrected chi connectivity index (χ1v) is 9.66. The Hall–Kier alpha value is 0.320. The van der Waals surface area contributed by atoms with Gasteiger partial charge in [0.05, 0.1) is 6.04 Å². The Morgan fingerprint density at radius 3 is 2.50 bits per heavy atom. The van der Waals surface area contributed by atoms with E-state index < -0.39 is 0 Å². The van der Waals surface area contributed by atoms with Crippen LogP contribution in [-0.2, 0) is 0 Å². The zero-order valence-corrected chi connectivity index (χ0v) is 16.9. The van der Waals surface area contributed by atoms with Gasteiger partial charge in [-0.2, -0.15) is 0 Å². The molecule has 1 unspecified atom stereocenters. The molecular weight excluding hydrogens is 466 g/mol. The maximum atomic E-state index is 3.69. The molecule has 1 heterocycles. The van der Waals surface area contributed by atoms with Crippen molar-refractivity contribution in [2.75, 3.05) is 6.54 Å². The third kappa shape index (κ3) is 3.95. The van der Waals surface area contributed by atoms with Gasteiger partial charge in [-0.15, -0.1) is 11.3 Å². The fraction of sp³-hybridized carbons (Fsp3) is 0.333. The number of nitrogens with one attached hydrogen (secondary N) is 1. The van der Waals surface area contributed by atoms with E-state index in [4.69, 9.17) is 0 Å². The summed E-state index contributed by atoms with van der Waals surface area (Å²) in [5, 5.41) is 3.65. The molecule has 0 saturated carbocycles. The molecule has 0 saturated heterocycles. The lowest BCUT2D eigenvalue weighted by molar-refractivity contribution is 0.602. The van der Waals surface area contributed by atoms with Crippen LogP contribution in [0.3, 0.4) is 0 Å². The highest BCUT2D eigenvalue weighted by Gasteiger charge is 2.21. The maximum absolute atomic E-state index is 3.69. The van der Waals surface area contributed by atoms with Crippen LogP contribution in [0.1, 0.15) is 34.7 Å². The smallest absolute Gasteiger partial charge is 0.0694 e. The van der Waals surface area contributed by atoms with Crippen LogP contribution < -0.4 is 5.32 Å². The standard InChI is InChI=1S/C15H16Br3NS/c1-3-6-19-14(15-13(18)7-9(2)20-15)11-8-10(16)4-5-12(11)17/h4-5,7-8,14,19H,3,6H2,1-2H3. The fourth-order valence-electron chi connectivity index (χ4n) is 2.07. The summed E-state index contributed by atoms with van der Waals surface area (Å²) in [5.74, 6) is 0. The summed E-state index contributed by atoms with van der Waals surface area (Å²) in [6, 6.07) is 8.72.